The number of hydrogen-bond acceptors (Lipinski definition) is 8. The highest BCUT2D eigenvalue weighted by Crippen LogP contribution is 2.53. The minimum atomic E-state index is 0.958. The minimum Gasteiger partial charge on any atom is -0.323 e. The average molecular weight is 633 g/mol. The molecule has 0 aliphatic carbocycles. The molecule has 240 valence electrons. The van der Waals surface area contributed by atoms with Gasteiger partial charge < -0.3 is 39.2 Å². The van der Waals surface area contributed by atoms with Gasteiger partial charge in [-0.15, -0.1) is 0 Å². The maximum absolute atomic E-state index is 2.67. The van der Waals surface area contributed by atoms with Crippen molar-refractivity contribution in [2.75, 3.05) is 91.6 Å². The highest BCUT2D eigenvalue weighted by molar-refractivity contribution is 5.91. The third kappa shape index (κ3) is 3.55. The van der Waals surface area contributed by atoms with Crippen molar-refractivity contribution in [1.29, 1.82) is 0 Å². The number of nitrogens with zero attached hydrogens (tertiary/aromatic N) is 8. The Morgan fingerprint density at radius 2 is 0.375 bits per heavy atom. The molecule has 0 amide bonds. The largest absolute Gasteiger partial charge is 0.323 e. The third-order valence-electron chi connectivity index (χ3n) is 11.4. The summed E-state index contributed by atoms with van der Waals surface area (Å²) in [6.45, 7) is 7.66. The Balaban J connectivity index is 1.23. The van der Waals surface area contributed by atoms with E-state index in [1.165, 1.54) is 68.8 Å². The molecule has 8 aliphatic rings. The standard InChI is InChI=1S/C40H40N8/c1-2-14-30-29(13-1)41-21-9-23-45-33-17-5-6-18-34(33)47-27-11-25-43-31-15-3-4-16-32(31)44-26-12-28-48-36-20-8-7-19-35(36)46(40(48)39(45)47)24-10-22-42(30)37(41)38(43)44/h1-8,13-20H,9-12,21-28H2. The molecule has 0 aromatic heterocycles. The molecule has 0 spiro atoms. The van der Waals surface area contributed by atoms with Crippen LogP contribution in [0.4, 0.5) is 45.5 Å². The first-order chi connectivity index (χ1) is 23.9. The predicted molar refractivity (Wildman–Crippen MR) is 197 cm³/mol. The molecule has 8 heteroatoms. The summed E-state index contributed by atoms with van der Waals surface area (Å²) in [4.78, 5) is 21.4. The number of rotatable bonds is 0. The normalized spacial score (nSPS) is 20.7. The molecule has 0 N–H and O–H groups in total. The molecule has 0 atom stereocenters. The zero-order valence-corrected chi connectivity index (χ0v) is 27.3. The fraction of sp³-hybridized carbons (Fsp3) is 0.300. The first kappa shape index (κ1) is 26.8. The molecule has 12 bridgehead atoms. The highest BCUT2D eigenvalue weighted by Gasteiger charge is 2.45. The highest BCUT2D eigenvalue weighted by atomic mass is 15.5. The van der Waals surface area contributed by atoms with Crippen LogP contribution in [-0.2, 0) is 0 Å². The summed E-state index contributed by atoms with van der Waals surface area (Å²) in [7, 11) is 0. The Bertz CT molecular complexity index is 1610. The smallest absolute Gasteiger partial charge is 0.156 e. The van der Waals surface area contributed by atoms with Crippen molar-refractivity contribution in [1.82, 2.24) is 0 Å². The second kappa shape index (κ2) is 10.1. The molecule has 4 aromatic carbocycles. The lowest BCUT2D eigenvalue weighted by atomic mass is 10.2. The maximum Gasteiger partial charge on any atom is 0.156 e. The van der Waals surface area contributed by atoms with Gasteiger partial charge in [0.15, 0.2) is 23.3 Å². The van der Waals surface area contributed by atoms with Crippen LogP contribution in [0.2, 0.25) is 0 Å². The molecule has 0 radical (unpaired) electrons. The zero-order valence-electron chi connectivity index (χ0n) is 27.3. The van der Waals surface area contributed by atoms with Gasteiger partial charge in [0, 0.05) is 52.4 Å². The lowest BCUT2D eigenvalue weighted by molar-refractivity contribution is 0.716. The van der Waals surface area contributed by atoms with E-state index < -0.39 is 0 Å². The van der Waals surface area contributed by atoms with Crippen LogP contribution in [0.25, 0.3) is 0 Å². The molecule has 8 heterocycles. The summed E-state index contributed by atoms with van der Waals surface area (Å²) in [6.07, 6.45) is 4.16. The minimum absolute atomic E-state index is 0.958. The third-order valence-corrected chi connectivity index (χ3v) is 11.4. The Hall–Kier alpha value is -5.24. The van der Waals surface area contributed by atoms with Crippen LogP contribution in [0.5, 0.6) is 0 Å². The number of hydrogen-bond donors (Lipinski definition) is 0. The zero-order chi connectivity index (χ0) is 31.3. The van der Waals surface area contributed by atoms with Gasteiger partial charge in [-0.3, -0.25) is 0 Å². The van der Waals surface area contributed by atoms with Crippen molar-refractivity contribution in [2.24, 2.45) is 0 Å². The van der Waals surface area contributed by atoms with Crippen molar-refractivity contribution >= 4 is 45.5 Å². The first-order valence-corrected chi connectivity index (χ1v) is 17.9. The summed E-state index contributed by atoms with van der Waals surface area (Å²) < 4.78 is 0. The molecule has 0 unspecified atom stereocenters. The van der Waals surface area contributed by atoms with Crippen LogP contribution in [0.3, 0.4) is 0 Å². The van der Waals surface area contributed by atoms with E-state index in [0.29, 0.717) is 0 Å². The van der Waals surface area contributed by atoms with Gasteiger partial charge in [0.2, 0.25) is 0 Å². The Morgan fingerprint density at radius 1 is 0.229 bits per heavy atom. The van der Waals surface area contributed by atoms with Gasteiger partial charge >= 0.3 is 0 Å². The molecule has 8 nitrogen and oxygen atoms in total. The lowest BCUT2D eigenvalue weighted by Gasteiger charge is -2.34. The quantitative estimate of drug-likeness (QED) is 0.202. The first-order valence-electron chi connectivity index (χ1n) is 17.9. The van der Waals surface area contributed by atoms with Crippen LogP contribution in [0.1, 0.15) is 25.7 Å². The van der Waals surface area contributed by atoms with Crippen LogP contribution < -0.4 is 39.2 Å². The molecule has 4 aromatic rings. The molecule has 8 aliphatic heterocycles. The van der Waals surface area contributed by atoms with E-state index >= 15 is 0 Å². The van der Waals surface area contributed by atoms with Crippen molar-refractivity contribution in [3.8, 4) is 0 Å². The molecule has 12 rings (SSSR count). The van der Waals surface area contributed by atoms with Gasteiger partial charge in [-0.05, 0) is 74.2 Å². The molecular formula is C40H40N8. The van der Waals surface area contributed by atoms with E-state index in [-0.39, 0.29) is 0 Å². The Kier molecular flexibility index (Phi) is 5.65. The van der Waals surface area contributed by atoms with Crippen LogP contribution in [0, 0.1) is 0 Å². The Morgan fingerprint density at radius 3 is 0.521 bits per heavy atom. The van der Waals surface area contributed by atoms with E-state index in [4.69, 9.17) is 0 Å². The summed E-state index contributed by atoms with van der Waals surface area (Å²) in [6, 6.07) is 36.6. The second-order valence-electron chi connectivity index (χ2n) is 13.9. The molecular weight excluding hydrogens is 592 g/mol. The summed E-state index contributed by atoms with van der Waals surface area (Å²) in [5, 5.41) is 0. The summed E-state index contributed by atoms with van der Waals surface area (Å²) in [5.74, 6) is 5.45. The average Bonchev–Trinajstić information content (AvgIpc) is 3.81. The van der Waals surface area contributed by atoms with Crippen LogP contribution in [0.15, 0.2) is 120 Å². The van der Waals surface area contributed by atoms with E-state index in [0.717, 1.165) is 78.0 Å². The SMILES string of the molecule is c1ccc2c(c1)N1CCCN3C4=C5N6CCCN2C1=C1N(CCCN4c2ccccc23)c2ccccc2N1CCCN5c1ccccc16. The van der Waals surface area contributed by atoms with Gasteiger partial charge in [-0.25, -0.2) is 0 Å². The Labute approximate surface area is 282 Å². The van der Waals surface area contributed by atoms with Crippen molar-refractivity contribution < 1.29 is 0 Å². The van der Waals surface area contributed by atoms with E-state index in [1.54, 1.807) is 0 Å². The molecule has 0 saturated carbocycles. The van der Waals surface area contributed by atoms with Gasteiger partial charge in [-0.2, -0.15) is 0 Å². The second-order valence-corrected chi connectivity index (χ2v) is 13.9. The fourth-order valence-electron chi connectivity index (χ4n) is 9.50. The van der Waals surface area contributed by atoms with Crippen molar-refractivity contribution in [2.45, 2.75) is 25.7 Å². The van der Waals surface area contributed by atoms with Gasteiger partial charge in [-0.1, -0.05) is 48.5 Å². The van der Waals surface area contributed by atoms with Crippen LogP contribution >= 0.6 is 0 Å². The summed E-state index contributed by atoms with van der Waals surface area (Å²) in [5.41, 5.74) is 10.7. The molecule has 48 heavy (non-hydrogen) atoms. The van der Waals surface area contributed by atoms with Crippen molar-refractivity contribution in [3.05, 3.63) is 120 Å². The number of para-hydroxylation sites is 8. The van der Waals surface area contributed by atoms with E-state index in [9.17, 15) is 0 Å². The van der Waals surface area contributed by atoms with Crippen molar-refractivity contribution in [3.63, 3.8) is 0 Å². The van der Waals surface area contributed by atoms with E-state index in [1.807, 2.05) is 0 Å². The topological polar surface area (TPSA) is 25.9 Å². The maximum atomic E-state index is 2.67. The lowest BCUT2D eigenvalue weighted by Crippen LogP contribution is -2.41. The number of anilines is 8. The predicted octanol–water partition coefficient (Wildman–Crippen LogP) is 7.15. The summed E-state index contributed by atoms with van der Waals surface area (Å²) >= 11 is 0. The molecule has 0 fully saturated rings. The van der Waals surface area contributed by atoms with Crippen LogP contribution in [-0.4, -0.2) is 52.4 Å². The number of fused-ring (bicyclic) bond motifs is 12. The monoisotopic (exact) mass is 632 g/mol. The van der Waals surface area contributed by atoms with Gasteiger partial charge in [0.05, 0.1) is 45.5 Å². The fourth-order valence-corrected chi connectivity index (χ4v) is 9.50. The number of benzene rings is 4. The molecule has 0 saturated heterocycles. The van der Waals surface area contributed by atoms with E-state index in [2.05, 4.69) is 136 Å². The van der Waals surface area contributed by atoms with Gasteiger partial charge in [0.25, 0.3) is 0 Å². The van der Waals surface area contributed by atoms with Gasteiger partial charge in [0.1, 0.15) is 0 Å².